The van der Waals surface area contributed by atoms with Crippen molar-refractivity contribution in [3.63, 3.8) is 0 Å². The van der Waals surface area contributed by atoms with Gasteiger partial charge in [-0.25, -0.2) is 4.79 Å². The molecule has 0 saturated carbocycles. The van der Waals surface area contributed by atoms with Gasteiger partial charge in [0.15, 0.2) is 19.0 Å². The fourth-order valence-corrected chi connectivity index (χ4v) is 3.04. The number of hydrogen-bond donors (Lipinski definition) is 1. The number of carbonyl (C=O) groups is 4. The second-order valence-electron chi connectivity index (χ2n) is 8.22. The van der Waals surface area contributed by atoms with Crippen LogP contribution < -0.4 is 15.0 Å². The topological polar surface area (TPSA) is 102 Å². The lowest BCUT2D eigenvalue weighted by molar-refractivity contribution is -0.129. The normalized spacial score (nSPS) is 13.1. The van der Waals surface area contributed by atoms with Crippen molar-refractivity contribution in [2.45, 2.75) is 20.8 Å². The van der Waals surface area contributed by atoms with Gasteiger partial charge in [-0.2, -0.15) is 0 Å². The maximum Gasteiger partial charge on any atom is 0.340 e. The van der Waals surface area contributed by atoms with Crippen LogP contribution in [0.3, 0.4) is 0 Å². The minimum atomic E-state index is -0.738. The lowest BCUT2D eigenvalue weighted by Crippen LogP contribution is -2.43. The summed E-state index contributed by atoms with van der Waals surface area (Å²) in [5.41, 5.74) is 0.0482. The smallest absolute Gasteiger partial charge is 0.340 e. The van der Waals surface area contributed by atoms with Gasteiger partial charge in [0.1, 0.15) is 12.3 Å². The molecule has 0 atom stereocenters. The summed E-state index contributed by atoms with van der Waals surface area (Å²) in [7, 11) is 0. The van der Waals surface area contributed by atoms with Crippen LogP contribution in [0.5, 0.6) is 5.75 Å². The first-order valence-electron chi connectivity index (χ1n) is 9.88. The van der Waals surface area contributed by atoms with Crippen molar-refractivity contribution in [2.75, 3.05) is 30.0 Å². The molecule has 1 aliphatic rings. The number of ketones is 1. The van der Waals surface area contributed by atoms with Gasteiger partial charge in [-0.1, -0.05) is 44.5 Å². The predicted octanol–water partition coefficient (Wildman–Crippen LogP) is 3.48. The van der Waals surface area contributed by atoms with Gasteiger partial charge in [0.2, 0.25) is 5.91 Å². The highest BCUT2D eigenvalue weighted by Crippen LogP contribution is 2.34. The molecule has 0 radical (unpaired) electrons. The number of esters is 1. The van der Waals surface area contributed by atoms with E-state index in [4.69, 9.17) is 21.1 Å². The van der Waals surface area contributed by atoms with Crippen molar-refractivity contribution in [1.29, 1.82) is 0 Å². The van der Waals surface area contributed by atoms with Crippen LogP contribution in [-0.2, 0) is 19.1 Å². The van der Waals surface area contributed by atoms with Crippen molar-refractivity contribution in [3.8, 4) is 5.75 Å². The first-order valence-corrected chi connectivity index (χ1v) is 10.3. The van der Waals surface area contributed by atoms with Crippen molar-refractivity contribution >= 4 is 46.5 Å². The van der Waals surface area contributed by atoms with Crippen molar-refractivity contribution in [3.05, 3.63) is 53.1 Å². The first-order chi connectivity index (χ1) is 15.1. The molecule has 0 unspecified atom stereocenters. The first kappa shape index (κ1) is 23.3. The molecule has 168 valence electrons. The Labute approximate surface area is 190 Å². The zero-order chi connectivity index (χ0) is 23.5. The maximum absolute atomic E-state index is 12.7. The minimum absolute atomic E-state index is 0.0966. The molecule has 1 aliphatic heterocycles. The number of hydrogen-bond acceptors (Lipinski definition) is 6. The van der Waals surface area contributed by atoms with E-state index >= 15 is 0 Å². The predicted molar refractivity (Wildman–Crippen MR) is 119 cm³/mol. The van der Waals surface area contributed by atoms with Gasteiger partial charge in [-0.05, 0) is 30.3 Å². The quantitative estimate of drug-likeness (QED) is 0.665. The third kappa shape index (κ3) is 5.45. The molecule has 8 nitrogen and oxygen atoms in total. The Morgan fingerprint density at radius 3 is 2.59 bits per heavy atom. The molecule has 0 saturated heterocycles. The Kier molecular flexibility index (Phi) is 6.84. The Bertz CT molecular complexity index is 1080. The average Bonchev–Trinajstić information content (AvgIpc) is 2.73. The van der Waals surface area contributed by atoms with Crippen LogP contribution in [0.4, 0.5) is 11.4 Å². The SMILES string of the molecule is CC(C)(C)C(=O)COC(=O)c1ccccc1NC(=O)CN1C(=O)COc2ccc(Cl)cc21. The van der Waals surface area contributed by atoms with E-state index in [9.17, 15) is 19.2 Å². The number of carbonyl (C=O) groups excluding carboxylic acids is 4. The van der Waals surface area contributed by atoms with Gasteiger partial charge in [-0.3, -0.25) is 19.3 Å². The van der Waals surface area contributed by atoms with E-state index in [1.54, 1.807) is 51.1 Å². The standard InChI is InChI=1S/C23H23ClN2O6/c1-23(2,3)19(27)12-32-22(30)15-6-4-5-7-16(15)25-20(28)11-26-17-10-14(24)8-9-18(17)31-13-21(26)29/h4-10H,11-13H2,1-3H3,(H,25,28). The van der Waals surface area contributed by atoms with Crippen LogP contribution in [0.2, 0.25) is 5.02 Å². The van der Waals surface area contributed by atoms with Crippen LogP contribution in [0.1, 0.15) is 31.1 Å². The summed E-state index contributed by atoms with van der Waals surface area (Å²) in [6, 6.07) is 11.1. The molecule has 0 spiro atoms. The van der Waals surface area contributed by atoms with Crippen molar-refractivity contribution in [2.24, 2.45) is 5.41 Å². The van der Waals surface area contributed by atoms with Gasteiger partial charge in [0.25, 0.3) is 5.91 Å². The molecule has 2 amide bonds. The average molecular weight is 459 g/mol. The van der Waals surface area contributed by atoms with Crippen LogP contribution in [-0.4, -0.2) is 43.3 Å². The molecule has 1 N–H and O–H groups in total. The molecule has 9 heteroatoms. The van der Waals surface area contributed by atoms with Gasteiger partial charge < -0.3 is 14.8 Å². The number of amides is 2. The van der Waals surface area contributed by atoms with Crippen LogP contribution in [0, 0.1) is 5.41 Å². The number of benzene rings is 2. The largest absolute Gasteiger partial charge is 0.482 e. The van der Waals surface area contributed by atoms with E-state index < -0.39 is 23.2 Å². The summed E-state index contributed by atoms with van der Waals surface area (Å²) >= 11 is 6.02. The summed E-state index contributed by atoms with van der Waals surface area (Å²) in [6.45, 7) is 4.32. The van der Waals surface area contributed by atoms with Crippen molar-refractivity contribution < 1.29 is 28.7 Å². The minimum Gasteiger partial charge on any atom is -0.482 e. The zero-order valence-corrected chi connectivity index (χ0v) is 18.7. The number of Topliss-reactive ketones (excluding diaryl/α,β-unsaturated/α-hetero) is 1. The molecule has 2 aromatic rings. The van der Waals surface area contributed by atoms with E-state index in [-0.39, 0.29) is 36.8 Å². The van der Waals surface area contributed by atoms with E-state index in [1.807, 2.05) is 0 Å². The maximum atomic E-state index is 12.7. The summed E-state index contributed by atoms with van der Waals surface area (Å²) in [6.07, 6.45) is 0. The number of anilines is 2. The van der Waals surface area contributed by atoms with E-state index in [2.05, 4.69) is 5.32 Å². The van der Waals surface area contributed by atoms with Gasteiger partial charge >= 0.3 is 5.97 Å². The molecular weight excluding hydrogens is 436 g/mol. The van der Waals surface area contributed by atoms with Gasteiger partial charge in [0.05, 0.1) is 16.9 Å². The molecular formula is C23H23ClN2O6. The highest BCUT2D eigenvalue weighted by Gasteiger charge is 2.28. The molecule has 0 aliphatic carbocycles. The molecule has 0 bridgehead atoms. The number of rotatable bonds is 6. The lowest BCUT2D eigenvalue weighted by Gasteiger charge is -2.29. The summed E-state index contributed by atoms with van der Waals surface area (Å²) in [5, 5.41) is 3.02. The lowest BCUT2D eigenvalue weighted by atomic mass is 9.91. The van der Waals surface area contributed by atoms with E-state index in [1.165, 1.54) is 17.0 Å². The van der Waals surface area contributed by atoms with Gasteiger partial charge in [0, 0.05) is 10.4 Å². The number of halogens is 1. The molecule has 1 heterocycles. The molecule has 0 fully saturated rings. The van der Waals surface area contributed by atoms with Crippen LogP contribution in [0.15, 0.2) is 42.5 Å². The fourth-order valence-electron chi connectivity index (χ4n) is 2.88. The summed E-state index contributed by atoms with van der Waals surface area (Å²) in [5.74, 6) is -1.46. The zero-order valence-electron chi connectivity index (χ0n) is 17.9. The highest BCUT2D eigenvalue weighted by molar-refractivity contribution is 6.31. The molecule has 2 aromatic carbocycles. The summed E-state index contributed by atoms with van der Waals surface area (Å²) < 4.78 is 10.5. The Balaban J connectivity index is 1.72. The Morgan fingerprint density at radius 1 is 1.16 bits per heavy atom. The third-order valence-corrected chi connectivity index (χ3v) is 4.99. The number of nitrogens with one attached hydrogen (secondary N) is 1. The Morgan fingerprint density at radius 2 is 1.88 bits per heavy atom. The van der Waals surface area contributed by atoms with Crippen LogP contribution >= 0.6 is 11.6 Å². The van der Waals surface area contributed by atoms with E-state index in [0.717, 1.165) is 0 Å². The summed E-state index contributed by atoms with van der Waals surface area (Å²) in [4.78, 5) is 50.8. The monoisotopic (exact) mass is 458 g/mol. The Hall–Kier alpha value is -3.39. The van der Waals surface area contributed by atoms with E-state index in [0.29, 0.717) is 16.5 Å². The number of nitrogens with zero attached hydrogens (tertiary/aromatic N) is 1. The van der Waals surface area contributed by atoms with Crippen LogP contribution in [0.25, 0.3) is 0 Å². The third-order valence-electron chi connectivity index (χ3n) is 4.76. The fraction of sp³-hybridized carbons (Fsp3) is 0.304. The molecule has 32 heavy (non-hydrogen) atoms. The number of fused-ring (bicyclic) bond motifs is 1. The molecule has 0 aromatic heterocycles. The van der Waals surface area contributed by atoms with Gasteiger partial charge in [-0.15, -0.1) is 0 Å². The number of ether oxygens (including phenoxy) is 2. The second kappa shape index (κ2) is 9.40. The number of para-hydroxylation sites is 1. The molecule has 3 rings (SSSR count). The van der Waals surface area contributed by atoms with Crippen molar-refractivity contribution in [1.82, 2.24) is 0 Å². The second-order valence-corrected chi connectivity index (χ2v) is 8.66. The highest BCUT2D eigenvalue weighted by atomic mass is 35.5.